The predicted octanol–water partition coefficient (Wildman–Crippen LogP) is 2.66. The molecular weight excluding hydrogens is 176 g/mol. The average Bonchev–Trinajstić information content (AvgIpc) is 2.25. The van der Waals surface area contributed by atoms with Crippen molar-refractivity contribution in [1.29, 1.82) is 0 Å². The van der Waals surface area contributed by atoms with Crippen LogP contribution in [0, 0.1) is 0 Å². The molecule has 0 aliphatic carbocycles. The molecule has 2 nitrogen and oxygen atoms in total. The van der Waals surface area contributed by atoms with Crippen molar-refractivity contribution in [1.82, 2.24) is 0 Å². The van der Waals surface area contributed by atoms with Crippen molar-refractivity contribution in [3.05, 3.63) is 29.8 Å². The number of aryl methyl sites for hydroxylation is 1. The van der Waals surface area contributed by atoms with E-state index in [9.17, 15) is 0 Å². The average molecular weight is 194 g/mol. The molecule has 1 aromatic carbocycles. The Labute approximate surface area is 85.8 Å². The number of hydrogen-bond donors (Lipinski definition) is 0. The van der Waals surface area contributed by atoms with E-state index in [0.29, 0.717) is 13.2 Å². The van der Waals surface area contributed by atoms with Gasteiger partial charge in [-0.2, -0.15) is 0 Å². The van der Waals surface area contributed by atoms with Crippen LogP contribution < -0.4 is 4.74 Å². The van der Waals surface area contributed by atoms with Crippen molar-refractivity contribution in [2.45, 2.75) is 20.3 Å². The Morgan fingerprint density at radius 1 is 1.07 bits per heavy atom. The zero-order valence-corrected chi connectivity index (χ0v) is 8.95. The second kappa shape index (κ2) is 6.44. The van der Waals surface area contributed by atoms with E-state index in [1.807, 2.05) is 25.1 Å². The van der Waals surface area contributed by atoms with Crippen LogP contribution in [0.1, 0.15) is 19.4 Å². The summed E-state index contributed by atoms with van der Waals surface area (Å²) in [4.78, 5) is 0. The fraction of sp³-hybridized carbons (Fsp3) is 0.500. The molecule has 0 fully saturated rings. The molecule has 0 amide bonds. The summed E-state index contributed by atoms with van der Waals surface area (Å²) in [6, 6.07) is 8.13. The van der Waals surface area contributed by atoms with Gasteiger partial charge in [-0.15, -0.1) is 0 Å². The zero-order valence-electron chi connectivity index (χ0n) is 8.95. The van der Waals surface area contributed by atoms with Crippen LogP contribution in [0.4, 0.5) is 0 Å². The van der Waals surface area contributed by atoms with E-state index in [-0.39, 0.29) is 0 Å². The van der Waals surface area contributed by atoms with E-state index in [1.54, 1.807) is 0 Å². The summed E-state index contributed by atoms with van der Waals surface area (Å²) in [5.41, 5.74) is 1.25. The Balaban J connectivity index is 2.41. The highest BCUT2D eigenvalue weighted by Gasteiger charge is 1.99. The van der Waals surface area contributed by atoms with Crippen molar-refractivity contribution < 1.29 is 9.47 Å². The maximum atomic E-state index is 5.61. The number of para-hydroxylation sites is 1. The first-order chi connectivity index (χ1) is 6.88. The van der Waals surface area contributed by atoms with Gasteiger partial charge in [0.25, 0.3) is 0 Å². The standard InChI is InChI=1S/C12H18O2/c1-3-11-7-5-6-8-12(11)14-10-9-13-4-2/h5-8H,3-4,9-10H2,1-2H3. The smallest absolute Gasteiger partial charge is 0.122 e. The summed E-state index contributed by atoms with van der Waals surface area (Å²) in [5.74, 6) is 0.981. The molecular formula is C12H18O2. The zero-order chi connectivity index (χ0) is 10.2. The van der Waals surface area contributed by atoms with Crippen LogP contribution in [0.2, 0.25) is 0 Å². The highest BCUT2D eigenvalue weighted by molar-refractivity contribution is 5.33. The summed E-state index contributed by atoms with van der Waals surface area (Å²) in [7, 11) is 0. The topological polar surface area (TPSA) is 18.5 Å². The highest BCUT2D eigenvalue weighted by atomic mass is 16.5. The van der Waals surface area contributed by atoms with Crippen LogP contribution in [0.15, 0.2) is 24.3 Å². The molecule has 0 radical (unpaired) electrons. The van der Waals surface area contributed by atoms with Gasteiger partial charge in [-0.05, 0) is 25.0 Å². The molecule has 14 heavy (non-hydrogen) atoms. The molecule has 0 saturated heterocycles. The first kappa shape index (κ1) is 11.1. The minimum absolute atomic E-state index is 0.630. The lowest BCUT2D eigenvalue weighted by Gasteiger charge is -2.09. The first-order valence-electron chi connectivity index (χ1n) is 5.17. The molecule has 0 N–H and O–H groups in total. The van der Waals surface area contributed by atoms with E-state index in [0.717, 1.165) is 18.8 Å². The van der Waals surface area contributed by atoms with Crippen LogP contribution in [0.25, 0.3) is 0 Å². The number of benzene rings is 1. The molecule has 0 aromatic heterocycles. The lowest BCUT2D eigenvalue weighted by Crippen LogP contribution is -2.07. The van der Waals surface area contributed by atoms with Crippen molar-refractivity contribution >= 4 is 0 Å². The van der Waals surface area contributed by atoms with E-state index in [2.05, 4.69) is 13.0 Å². The summed E-state index contributed by atoms with van der Waals surface area (Å²) < 4.78 is 10.8. The van der Waals surface area contributed by atoms with Crippen molar-refractivity contribution in [2.75, 3.05) is 19.8 Å². The molecule has 0 heterocycles. The van der Waals surface area contributed by atoms with Crippen LogP contribution in [-0.2, 0) is 11.2 Å². The van der Waals surface area contributed by atoms with Gasteiger partial charge in [0.1, 0.15) is 12.4 Å². The Morgan fingerprint density at radius 2 is 1.86 bits per heavy atom. The van der Waals surface area contributed by atoms with E-state index >= 15 is 0 Å². The van der Waals surface area contributed by atoms with Crippen LogP contribution in [-0.4, -0.2) is 19.8 Å². The van der Waals surface area contributed by atoms with Crippen LogP contribution >= 0.6 is 0 Å². The van der Waals surface area contributed by atoms with Gasteiger partial charge in [0.2, 0.25) is 0 Å². The van der Waals surface area contributed by atoms with Crippen LogP contribution in [0.5, 0.6) is 5.75 Å². The normalized spacial score (nSPS) is 10.1. The molecule has 0 saturated carbocycles. The molecule has 0 atom stereocenters. The SMILES string of the molecule is CCOCCOc1ccccc1CC. The van der Waals surface area contributed by atoms with Crippen molar-refractivity contribution in [2.24, 2.45) is 0 Å². The van der Waals surface area contributed by atoms with Gasteiger partial charge in [-0.3, -0.25) is 0 Å². The maximum absolute atomic E-state index is 5.61. The highest BCUT2D eigenvalue weighted by Crippen LogP contribution is 2.17. The van der Waals surface area contributed by atoms with Gasteiger partial charge in [-0.1, -0.05) is 25.1 Å². The summed E-state index contributed by atoms with van der Waals surface area (Å²) >= 11 is 0. The van der Waals surface area contributed by atoms with Crippen molar-refractivity contribution in [3.8, 4) is 5.75 Å². The van der Waals surface area contributed by atoms with Crippen molar-refractivity contribution in [3.63, 3.8) is 0 Å². The molecule has 1 rings (SSSR count). The van der Waals surface area contributed by atoms with E-state index < -0.39 is 0 Å². The summed E-state index contributed by atoms with van der Waals surface area (Å²) in [5, 5.41) is 0. The lowest BCUT2D eigenvalue weighted by atomic mass is 10.1. The molecule has 0 unspecified atom stereocenters. The maximum Gasteiger partial charge on any atom is 0.122 e. The summed E-state index contributed by atoms with van der Waals surface area (Å²) in [6.07, 6.45) is 1.00. The molecule has 0 aliphatic heterocycles. The second-order valence-corrected chi connectivity index (χ2v) is 3.01. The molecule has 0 bridgehead atoms. The van der Waals surface area contributed by atoms with Gasteiger partial charge >= 0.3 is 0 Å². The second-order valence-electron chi connectivity index (χ2n) is 3.01. The Morgan fingerprint density at radius 3 is 2.57 bits per heavy atom. The largest absolute Gasteiger partial charge is 0.491 e. The van der Waals surface area contributed by atoms with Gasteiger partial charge in [0, 0.05) is 6.61 Å². The van der Waals surface area contributed by atoms with E-state index in [4.69, 9.17) is 9.47 Å². The number of ether oxygens (including phenoxy) is 2. The van der Waals surface area contributed by atoms with Gasteiger partial charge in [0.15, 0.2) is 0 Å². The van der Waals surface area contributed by atoms with Gasteiger partial charge in [0.05, 0.1) is 6.61 Å². The number of hydrogen-bond acceptors (Lipinski definition) is 2. The fourth-order valence-corrected chi connectivity index (χ4v) is 1.29. The minimum atomic E-state index is 0.630. The summed E-state index contributed by atoms with van der Waals surface area (Å²) in [6.45, 7) is 6.16. The lowest BCUT2D eigenvalue weighted by molar-refractivity contribution is 0.110. The molecule has 0 aliphatic rings. The minimum Gasteiger partial charge on any atom is -0.491 e. The van der Waals surface area contributed by atoms with Crippen LogP contribution in [0.3, 0.4) is 0 Å². The Kier molecular flexibility index (Phi) is 5.08. The van der Waals surface area contributed by atoms with Gasteiger partial charge in [-0.25, -0.2) is 0 Å². The molecule has 2 heteroatoms. The number of rotatable bonds is 6. The quantitative estimate of drug-likeness (QED) is 0.648. The third-order valence-corrected chi connectivity index (χ3v) is 2.04. The third-order valence-electron chi connectivity index (χ3n) is 2.04. The molecule has 0 spiro atoms. The Hall–Kier alpha value is -1.02. The molecule has 1 aromatic rings. The Bertz CT molecular complexity index is 258. The van der Waals surface area contributed by atoms with Gasteiger partial charge < -0.3 is 9.47 Å². The van der Waals surface area contributed by atoms with E-state index in [1.165, 1.54) is 5.56 Å². The fourth-order valence-electron chi connectivity index (χ4n) is 1.29. The third kappa shape index (κ3) is 3.38. The first-order valence-corrected chi connectivity index (χ1v) is 5.17. The monoisotopic (exact) mass is 194 g/mol. The molecule has 78 valence electrons. The predicted molar refractivity (Wildman–Crippen MR) is 57.8 cm³/mol.